The first kappa shape index (κ1) is 10.2. The molecular weight excluding hydrogens is 240 g/mol. The lowest BCUT2D eigenvalue weighted by Gasteiger charge is -2.31. The molecule has 0 spiro atoms. The number of alkyl halides is 1. The third kappa shape index (κ3) is 2.18. The second-order valence-electron chi connectivity index (χ2n) is 3.96. The molecule has 14 heavy (non-hydrogen) atoms. The van der Waals surface area contributed by atoms with Crippen LogP contribution < -0.4 is 0 Å². The summed E-state index contributed by atoms with van der Waals surface area (Å²) in [6, 6.07) is 10.5. The van der Waals surface area contributed by atoms with Crippen LogP contribution in [0.2, 0.25) is 0 Å². The Morgan fingerprint density at radius 2 is 2.00 bits per heavy atom. The summed E-state index contributed by atoms with van der Waals surface area (Å²) in [5.74, 6) is 0.620. The first-order chi connectivity index (χ1) is 6.77. The normalized spacial score (nSPS) is 32.9. The van der Waals surface area contributed by atoms with Gasteiger partial charge in [0.25, 0.3) is 0 Å². The minimum Gasteiger partial charge on any atom is -0.373 e. The van der Waals surface area contributed by atoms with Crippen molar-refractivity contribution in [2.75, 3.05) is 6.61 Å². The highest BCUT2D eigenvalue weighted by atomic mass is 79.9. The fourth-order valence-corrected chi connectivity index (χ4v) is 2.27. The molecule has 1 aliphatic rings. The maximum Gasteiger partial charge on any atom is 0.0835 e. The molecule has 1 aromatic rings. The Morgan fingerprint density at radius 3 is 2.64 bits per heavy atom. The topological polar surface area (TPSA) is 9.23 Å². The van der Waals surface area contributed by atoms with Gasteiger partial charge >= 0.3 is 0 Å². The number of hydrogen-bond donors (Lipinski definition) is 0. The highest BCUT2D eigenvalue weighted by molar-refractivity contribution is 9.09. The zero-order chi connectivity index (χ0) is 9.97. The zero-order valence-electron chi connectivity index (χ0n) is 8.32. The van der Waals surface area contributed by atoms with Gasteiger partial charge < -0.3 is 4.74 Å². The van der Waals surface area contributed by atoms with Crippen LogP contribution in [0.15, 0.2) is 30.3 Å². The van der Waals surface area contributed by atoms with E-state index in [4.69, 9.17) is 4.74 Å². The Hall–Kier alpha value is -0.340. The molecule has 0 aromatic heterocycles. The SMILES string of the molecule is C[C@@H]1CO[C@H](c2ccccc2)C[C@@H]1Br. The molecule has 1 nitrogen and oxygen atoms in total. The summed E-state index contributed by atoms with van der Waals surface area (Å²) in [6.45, 7) is 3.08. The summed E-state index contributed by atoms with van der Waals surface area (Å²) in [7, 11) is 0. The largest absolute Gasteiger partial charge is 0.373 e. The molecule has 0 amide bonds. The van der Waals surface area contributed by atoms with E-state index < -0.39 is 0 Å². The summed E-state index contributed by atoms with van der Waals surface area (Å²) in [5, 5.41) is 0. The van der Waals surface area contributed by atoms with Crippen molar-refractivity contribution in [3.05, 3.63) is 35.9 Å². The van der Waals surface area contributed by atoms with Crippen molar-refractivity contribution in [2.45, 2.75) is 24.3 Å². The van der Waals surface area contributed by atoms with Crippen molar-refractivity contribution in [3.8, 4) is 0 Å². The molecule has 0 aliphatic carbocycles. The standard InChI is InChI=1S/C12H15BrO/c1-9-8-14-12(7-11(9)13)10-5-3-2-4-6-10/h2-6,9,11-12H,7-8H2,1H3/t9-,11+,12+/m1/s1. The van der Waals surface area contributed by atoms with Crippen molar-refractivity contribution in [3.63, 3.8) is 0 Å². The van der Waals surface area contributed by atoms with Crippen molar-refractivity contribution in [1.82, 2.24) is 0 Å². The fourth-order valence-electron chi connectivity index (χ4n) is 1.78. The first-order valence-electron chi connectivity index (χ1n) is 5.08. The molecule has 1 aromatic carbocycles. The summed E-state index contributed by atoms with van der Waals surface area (Å²) < 4.78 is 5.82. The second kappa shape index (κ2) is 4.45. The Bertz CT molecular complexity index is 286. The lowest BCUT2D eigenvalue weighted by molar-refractivity contribution is -0.00763. The zero-order valence-corrected chi connectivity index (χ0v) is 9.91. The Labute approximate surface area is 93.6 Å². The van der Waals surface area contributed by atoms with Crippen LogP contribution >= 0.6 is 15.9 Å². The first-order valence-corrected chi connectivity index (χ1v) is 5.99. The summed E-state index contributed by atoms with van der Waals surface area (Å²) in [4.78, 5) is 0.585. The molecule has 3 atom stereocenters. The average Bonchev–Trinajstić information content (AvgIpc) is 2.23. The van der Waals surface area contributed by atoms with Gasteiger partial charge in [-0.25, -0.2) is 0 Å². The van der Waals surface area contributed by atoms with Crippen LogP contribution in [0.4, 0.5) is 0 Å². The maximum atomic E-state index is 5.82. The molecule has 0 bridgehead atoms. The van der Waals surface area contributed by atoms with Crippen molar-refractivity contribution < 1.29 is 4.74 Å². The minimum atomic E-state index is 0.275. The van der Waals surface area contributed by atoms with Gasteiger partial charge in [-0.15, -0.1) is 0 Å². The van der Waals surface area contributed by atoms with Crippen LogP contribution in [0.1, 0.15) is 25.0 Å². The van der Waals surface area contributed by atoms with Crippen LogP contribution in [0.3, 0.4) is 0 Å². The highest BCUT2D eigenvalue weighted by Gasteiger charge is 2.27. The quantitative estimate of drug-likeness (QED) is 0.697. The number of halogens is 1. The van der Waals surface area contributed by atoms with Crippen LogP contribution in [0, 0.1) is 5.92 Å². The van der Waals surface area contributed by atoms with Crippen LogP contribution in [0.25, 0.3) is 0 Å². The maximum absolute atomic E-state index is 5.82. The molecule has 1 heterocycles. The van der Waals surface area contributed by atoms with Crippen molar-refractivity contribution in [1.29, 1.82) is 0 Å². The predicted octanol–water partition coefficient (Wildman–Crippen LogP) is 3.55. The average molecular weight is 255 g/mol. The van der Waals surface area contributed by atoms with Gasteiger partial charge in [-0.1, -0.05) is 53.2 Å². The van der Waals surface area contributed by atoms with Gasteiger partial charge in [-0.05, 0) is 17.9 Å². The summed E-state index contributed by atoms with van der Waals surface area (Å²) in [6.07, 6.45) is 1.35. The van der Waals surface area contributed by atoms with E-state index in [2.05, 4.69) is 47.1 Å². The number of benzene rings is 1. The number of ether oxygens (including phenoxy) is 1. The molecule has 0 N–H and O–H groups in total. The van der Waals surface area contributed by atoms with Crippen LogP contribution in [-0.4, -0.2) is 11.4 Å². The van der Waals surface area contributed by atoms with Gasteiger partial charge in [0, 0.05) is 4.83 Å². The lowest BCUT2D eigenvalue weighted by atomic mass is 9.96. The molecule has 0 unspecified atom stereocenters. The van der Waals surface area contributed by atoms with E-state index in [1.54, 1.807) is 0 Å². The third-order valence-corrected chi connectivity index (χ3v) is 4.06. The van der Waals surface area contributed by atoms with Crippen LogP contribution in [-0.2, 0) is 4.74 Å². The molecule has 0 radical (unpaired) electrons. The molecular formula is C12H15BrO. The Kier molecular flexibility index (Phi) is 3.24. The molecule has 1 fully saturated rings. The van der Waals surface area contributed by atoms with E-state index in [-0.39, 0.29) is 6.10 Å². The lowest BCUT2D eigenvalue weighted by Crippen LogP contribution is -2.27. The number of rotatable bonds is 1. The Morgan fingerprint density at radius 1 is 1.29 bits per heavy atom. The molecule has 2 heteroatoms. The summed E-state index contributed by atoms with van der Waals surface area (Å²) in [5.41, 5.74) is 1.30. The van der Waals surface area contributed by atoms with Crippen LogP contribution in [0.5, 0.6) is 0 Å². The molecule has 76 valence electrons. The van der Waals surface area contributed by atoms with Crippen molar-refractivity contribution >= 4 is 15.9 Å². The van der Waals surface area contributed by atoms with Gasteiger partial charge in [0.2, 0.25) is 0 Å². The van der Waals surface area contributed by atoms with Gasteiger partial charge in [0.1, 0.15) is 0 Å². The molecule has 1 saturated heterocycles. The smallest absolute Gasteiger partial charge is 0.0835 e. The predicted molar refractivity (Wildman–Crippen MR) is 61.6 cm³/mol. The van der Waals surface area contributed by atoms with E-state index in [0.717, 1.165) is 13.0 Å². The molecule has 2 rings (SSSR count). The van der Waals surface area contributed by atoms with E-state index in [1.165, 1.54) is 5.56 Å². The minimum absolute atomic E-state index is 0.275. The van der Waals surface area contributed by atoms with Gasteiger partial charge in [0.15, 0.2) is 0 Å². The third-order valence-electron chi connectivity index (χ3n) is 2.79. The fraction of sp³-hybridized carbons (Fsp3) is 0.500. The monoisotopic (exact) mass is 254 g/mol. The van der Waals surface area contributed by atoms with E-state index in [0.29, 0.717) is 10.7 Å². The van der Waals surface area contributed by atoms with E-state index in [1.807, 2.05) is 6.07 Å². The second-order valence-corrected chi connectivity index (χ2v) is 5.14. The van der Waals surface area contributed by atoms with Gasteiger partial charge in [-0.3, -0.25) is 0 Å². The van der Waals surface area contributed by atoms with E-state index >= 15 is 0 Å². The Balaban J connectivity index is 2.07. The van der Waals surface area contributed by atoms with E-state index in [9.17, 15) is 0 Å². The molecule has 1 aliphatic heterocycles. The van der Waals surface area contributed by atoms with Gasteiger partial charge in [-0.2, -0.15) is 0 Å². The summed E-state index contributed by atoms with van der Waals surface area (Å²) >= 11 is 3.71. The highest BCUT2D eigenvalue weighted by Crippen LogP contribution is 2.34. The van der Waals surface area contributed by atoms with Gasteiger partial charge in [0.05, 0.1) is 12.7 Å². The van der Waals surface area contributed by atoms with Crippen molar-refractivity contribution in [2.24, 2.45) is 5.92 Å². The number of hydrogen-bond acceptors (Lipinski definition) is 1. The molecule has 0 saturated carbocycles.